The van der Waals surface area contributed by atoms with E-state index in [0.717, 1.165) is 41.7 Å². The molecule has 0 unspecified atom stereocenters. The van der Waals surface area contributed by atoms with Gasteiger partial charge in [0.25, 0.3) is 5.91 Å². The number of ether oxygens (including phenoxy) is 5. The zero-order valence-corrected chi connectivity index (χ0v) is 49.3. The molecule has 4 aromatic rings. The number of esters is 1. The molecule has 82 heavy (non-hydrogen) atoms. The van der Waals surface area contributed by atoms with E-state index >= 15 is 4.79 Å². The lowest BCUT2D eigenvalue weighted by molar-refractivity contribution is -0.145. The number of unbranched alkanes of at least 4 members (excludes halogenated alkanes) is 3. The Morgan fingerprint density at radius 3 is 1.98 bits per heavy atom. The molecule has 0 aliphatic carbocycles. The van der Waals surface area contributed by atoms with Crippen molar-refractivity contribution in [1.29, 1.82) is 0 Å². The fourth-order valence-corrected chi connectivity index (χ4v) is 9.19. The van der Waals surface area contributed by atoms with Gasteiger partial charge >= 0.3 is 12.1 Å². The fraction of sp³-hybridized carbons (Fsp3) is 0.484. The second-order valence-electron chi connectivity index (χ2n) is 21.4. The van der Waals surface area contributed by atoms with Crippen LogP contribution in [0.25, 0.3) is 22.3 Å². The number of fused-ring (bicyclic) bond motifs is 5. The minimum Gasteiger partial charge on any atom is -0.496 e. The zero-order valence-electron chi connectivity index (χ0n) is 49.3. The number of likely N-dealkylation sites (N-methyl/N-ethyl adjacent to an activating group) is 1. The summed E-state index contributed by atoms with van der Waals surface area (Å²) in [6, 6.07) is 17.8. The van der Waals surface area contributed by atoms with Gasteiger partial charge in [-0.25, -0.2) is 9.59 Å². The molecule has 6 N–H and O–H groups in total. The highest BCUT2D eigenvalue weighted by Crippen LogP contribution is 2.40. The van der Waals surface area contributed by atoms with Gasteiger partial charge < -0.3 is 60.5 Å². The molecule has 4 bridgehead atoms. The van der Waals surface area contributed by atoms with Crippen LogP contribution in [-0.4, -0.2) is 136 Å². The number of rotatable bonds is 25. The number of carbonyl (C=O) groups excluding carboxylic acids is 8. The number of hydrogen-bond donors (Lipinski definition) is 6. The van der Waals surface area contributed by atoms with Crippen LogP contribution >= 0.6 is 0 Å². The van der Waals surface area contributed by atoms with Gasteiger partial charge in [-0.2, -0.15) is 0 Å². The maximum absolute atomic E-state index is 15.1. The Kier molecular flexibility index (Phi) is 24.7. The number of benzene rings is 4. The highest BCUT2D eigenvalue weighted by Gasteiger charge is 2.37. The Balaban J connectivity index is 1.43. The summed E-state index contributed by atoms with van der Waals surface area (Å²) in [4.78, 5) is 112. The third kappa shape index (κ3) is 18.8. The minimum absolute atomic E-state index is 0.00148. The zero-order chi connectivity index (χ0) is 60.1. The first-order valence-corrected chi connectivity index (χ1v) is 28.1. The molecule has 0 aromatic heterocycles. The summed E-state index contributed by atoms with van der Waals surface area (Å²) in [5.74, 6) is -4.16. The van der Waals surface area contributed by atoms with Crippen LogP contribution in [0.1, 0.15) is 127 Å². The van der Waals surface area contributed by atoms with E-state index in [-0.39, 0.29) is 32.4 Å². The van der Waals surface area contributed by atoms with Gasteiger partial charge in [0.15, 0.2) is 0 Å². The Hall–Kier alpha value is -8.00. The molecule has 0 spiro atoms. The van der Waals surface area contributed by atoms with Crippen LogP contribution in [0.2, 0.25) is 0 Å². The summed E-state index contributed by atoms with van der Waals surface area (Å²) in [5.41, 5.74) is 4.62. The molecule has 20 nitrogen and oxygen atoms in total. The van der Waals surface area contributed by atoms with Gasteiger partial charge in [-0.05, 0) is 137 Å². The molecular formula is C62H83N7O13. The number of hydrogen-bond acceptors (Lipinski definition) is 13. The lowest BCUT2D eigenvalue weighted by Crippen LogP contribution is -2.57. The van der Waals surface area contributed by atoms with Crippen molar-refractivity contribution < 1.29 is 62.0 Å². The smallest absolute Gasteiger partial charge is 0.407 e. The molecule has 0 fully saturated rings. The molecular weight excluding hydrogens is 1050 g/mol. The largest absolute Gasteiger partial charge is 0.496 e. The van der Waals surface area contributed by atoms with Crippen LogP contribution in [0.3, 0.4) is 0 Å². The van der Waals surface area contributed by atoms with Crippen LogP contribution in [-0.2, 0) is 55.8 Å². The van der Waals surface area contributed by atoms with Crippen LogP contribution in [0.15, 0.2) is 84.9 Å². The van der Waals surface area contributed by atoms with E-state index in [1.807, 2.05) is 19.1 Å². The van der Waals surface area contributed by atoms with Gasteiger partial charge in [-0.1, -0.05) is 75.2 Å². The number of alkyl carbamates (subject to hydrolysis) is 1. The predicted molar refractivity (Wildman–Crippen MR) is 311 cm³/mol. The van der Waals surface area contributed by atoms with Crippen molar-refractivity contribution >= 4 is 47.5 Å². The summed E-state index contributed by atoms with van der Waals surface area (Å²) in [6.07, 6.45) is 4.76. The third-order valence-corrected chi connectivity index (χ3v) is 13.8. The van der Waals surface area contributed by atoms with Crippen LogP contribution in [0, 0.1) is 0 Å². The molecule has 5 rings (SSSR count). The summed E-state index contributed by atoms with van der Waals surface area (Å²) in [6.45, 7) is 12.5. The maximum atomic E-state index is 15.1. The van der Waals surface area contributed by atoms with Crippen molar-refractivity contribution in [2.24, 2.45) is 0 Å². The highest BCUT2D eigenvalue weighted by molar-refractivity contribution is 6.00. The second-order valence-corrected chi connectivity index (χ2v) is 21.4. The van der Waals surface area contributed by atoms with Crippen LogP contribution < -0.4 is 41.4 Å². The maximum Gasteiger partial charge on any atom is 0.407 e. The Morgan fingerprint density at radius 1 is 0.720 bits per heavy atom. The molecule has 0 radical (unpaired) electrons. The molecule has 1 heterocycles. The fourth-order valence-electron chi connectivity index (χ4n) is 9.19. The van der Waals surface area contributed by atoms with E-state index in [4.69, 9.17) is 23.7 Å². The molecule has 4 aromatic carbocycles. The van der Waals surface area contributed by atoms with Gasteiger partial charge in [0.05, 0.1) is 27.9 Å². The summed E-state index contributed by atoms with van der Waals surface area (Å²) >= 11 is 0. The normalized spacial score (nSPS) is 16.3. The quantitative estimate of drug-likeness (QED) is 0.0292. The second kappa shape index (κ2) is 31.3. The number of carbonyl (C=O) groups is 8. The molecule has 0 saturated carbocycles. The third-order valence-electron chi connectivity index (χ3n) is 13.8. The average molecular weight is 1130 g/mol. The molecule has 7 amide bonds. The van der Waals surface area contributed by atoms with Crippen molar-refractivity contribution in [3.8, 4) is 33.8 Å². The van der Waals surface area contributed by atoms with E-state index in [1.165, 1.54) is 47.8 Å². The van der Waals surface area contributed by atoms with Crippen molar-refractivity contribution in [3.63, 3.8) is 0 Å². The number of aryl methyl sites for hydroxylation is 1. The highest BCUT2D eigenvalue weighted by atomic mass is 16.6. The van der Waals surface area contributed by atoms with Gasteiger partial charge in [-0.3, -0.25) is 28.8 Å². The average Bonchev–Trinajstić information content (AvgIpc) is 3.51. The molecule has 444 valence electrons. The first-order valence-electron chi connectivity index (χ1n) is 28.1. The molecule has 1 aliphatic rings. The van der Waals surface area contributed by atoms with E-state index < -0.39 is 89.4 Å². The molecule has 20 heteroatoms. The topological polar surface area (TPSA) is 258 Å². The summed E-state index contributed by atoms with van der Waals surface area (Å²) in [7, 11) is 5.55. The Bertz CT molecular complexity index is 2830. The standard InChI is InChI=1S/C62H83N7O13/c1-12-14-18-40-20-23-42(24-21-40)43-25-27-44(28-26-43)56(72)68-50(37-81-33-15-13-2)57(73)64-38(3)54(70)66-48(19-16-17-32-63-61(77)82-62(5,6)7)59(75)69(8)53-45-29-31-52(79-10)47(36-45)46-34-41(22-30-51(46)78-9)35-49(60(76)80-11)67-55(71)39(4)65-58(53)74/h20-31,34,36,38-39,48-50,53H,12-19,32-33,35,37H2,1-11H3,(H,63,77)(H,64,73)(H,65,74)(H,66,70)(H,67,71)(H,68,72)/t38-,39+,48+,49+,50-,53+/m1/s1. The van der Waals surface area contributed by atoms with Crippen molar-refractivity contribution in [2.75, 3.05) is 48.1 Å². The van der Waals surface area contributed by atoms with E-state index in [0.29, 0.717) is 58.8 Å². The summed E-state index contributed by atoms with van der Waals surface area (Å²) < 4.78 is 27.8. The lowest BCUT2D eigenvalue weighted by atomic mass is 9.93. The van der Waals surface area contributed by atoms with Gasteiger partial charge in [0.1, 0.15) is 53.4 Å². The number of nitrogens with one attached hydrogen (secondary N) is 6. The van der Waals surface area contributed by atoms with E-state index in [9.17, 15) is 33.6 Å². The van der Waals surface area contributed by atoms with Gasteiger partial charge in [0.2, 0.25) is 29.5 Å². The predicted octanol–water partition coefficient (Wildman–Crippen LogP) is 6.90. The molecule has 6 atom stereocenters. The van der Waals surface area contributed by atoms with Crippen LogP contribution in [0.4, 0.5) is 4.79 Å². The molecule has 0 saturated heterocycles. The van der Waals surface area contributed by atoms with Gasteiger partial charge in [-0.15, -0.1) is 0 Å². The minimum atomic E-state index is -1.46. The van der Waals surface area contributed by atoms with Crippen LogP contribution in [0.5, 0.6) is 11.5 Å². The lowest BCUT2D eigenvalue weighted by Gasteiger charge is -2.33. The Morgan fingerprint density at radius 2 is 1.35 bits per heavy atom. The Labute approximate surface area is 481 Å². The molecule has 1 aliphatic heterocycles. The first-order chi connectivity index (χ1) is 39.1. The first kappa shape index (κ1) is 64.8. The number of nitrogens with zero attached hydrogens (tertiary/aromatic N) is 1. The monoisotopic (exact) mass is 1130 g/mol. The van der Waals surface area contributed by atoms with Gasteiger partial charge in [0, 0.05) is 43.3 Å². The SMILES string of the molecule is CCCCOC[C@@H](NC(=O)c1ccc(-c2ccc(CCCC)cc2)cc1)C(=O)N[C@H](C)C(=O)N[C@@H](CCCCNC(=O)OC(C)(C)C)C(=O)N(C)[C@@H]1C(=O)N[C@@H](C)C(=O)N[C@H](C(=O)OC)Cc2ccc(OC)c(c2)-c2cc1ccc2OC. The van der Waals surface area contributed by atoms with Crippen molar-refractivity contribution in [1.82, 2.24) is 36.8 Å². The number of methoxy groups -OCH3 is 3. The number of amides is 7. The van der Waals surface area contributed by atoms with Crippen molar-refractivity contribution in [3.05, 3.63) is 107 Å². The summed E-state index contributed by atoms with van der Waals surface area (Å²) in [5, 5.41) is 16.4. The van der Waals surface area contributed by atoms with E-state index in [1.54, 1.807) is 69.3 Å². The van der Waals surface area contributed by atoms with E-state index in [2.05, 4.69) is 63.1 Å². The van der Waals surface area contributed by atoms with Crippen molar-refractivity contribution in [2.45, 2.75) is 148 Å².